The van der Waals surface area contributed by atoms with Crippen molar-refractivity contribution >= 4 is 17.8 Å². The smallest absolute Gasteiger partial charge is 0.303 e. The number of carboxylic acids is 1. The number of ether oxygens (including phenoxy) is 2. The van der Waals surface area contributed by atoms with Crippen LogP contribution in [0.25, 0.3) is 17.2 Å². The van der Waals surface area contributed by atoms with Gasteiger partial charge in [-0.25, -0.2) is 4.39 Å². The number of methoxy groups -OCH3 is 1. The molecule has 3 aromatic rings. The number of aliphatic carboxylic acids is 1. The quantitative estimate of drug-likeness (QED) is 0.191. The average Bonchev–Trinajstić information content (AvgIpc) is 2.84. The number of allylic oxidation sites excluding steroid dienone is 1. The Morgan fingerprint density at radius 3 is 2.53 bits per heavy atom. The lowest BCUT2D eigenvalue weighted by Gasteiger charge is -2.11. The van der Waals surface area contributed by atoms with Crippen molar-refractivity contribution in [2.75, 3.05) is 13.7 Å². The van der Waals surface area contributed by atoms with Crippen molar-refractivity contribution in [2.45, 2.75) is 25.7 Å². The largest absolute Gasteiger partial charge is 0.493 e. The van der Waals surface area contributed by atoms with Crippen molar-refractivity contribution in [1.29, 1.82) is 0 Å². The van der Waals surface area contributed by atoms with Gasteiger partial charge in [-0.3, -0.25) is 9.59 Å². The minimum absolute atomic E-state index is 0.153. The second-order valence-corrected chi connectivity index (χ2v) is 7.72. The first kappa shape index (κ1) is 24.7. The molecule has 0 fully saturated rings. The Kier molecular flexibility index (Phi) is 8.97. The van der Waals surface area contributed by atoms with Gasteiger partial charge < -0.3 is 14.6 Å². The van der Waals surface area contributed by atoms with Crippen molar-refractivity contribution in [3.8, 4) is 22.6 Å². The van der Waals surface area contributed by atoms with Crippen molar-refractivity contribution in [2.24, 2.45) is 0 Å². The lowest BCUT2D eigenvalue weighted by molar-refractivity contribution is -0.137. The molecule has 0 saturated carbocycles. The molecule has 0 radical (unpaired) electrons. The third-order valence-corrected chi connectivity index (χ3v) is 5.24. The number of carbonyl (C=O) groups excluding carboxylic acids is 1. The van der Waals surface area contributed by atoms with E-state index in [-0.39, 0.29) is 18.0 Å². The summed E-state index contributed by atoms with van der Waals surface area (Å²) < 4.78 is 24.9. The van der Waals surface area contributed by atoms with E-state index in [4.69, 9.17) is 14.6 Å². The summed E-state index contributed by atoms with van der Waals surface area (Å²) in [6.07, 6.45) is 5.43. The zero-order chi connectivity index (χ0) is 24.3. The molecule has 0 heterocycles. The summed E-state index contributed by atoms with van der Waals surface area (Å²) in [6.45, 7) is 0.434. The van der Waals surface area contributed by atoms with Gasteiger partial charge in [-0.05, 0) is 66.3 Å². The molecular formula is C28H27FO5. The maximum Gasteiger partial charge on any atom is 0.303 e. The third-order valence-electron chi connectivity index (χ3n) is 5.24. The van der Waals surface area contributed by atoms with Gasteiger partial charge in [0.1, 0.15) is 5.82 Å². The van der Waals surface area contributed by atoms with Gasteiger partial charge in [0, 0.05) is 12.0 Å². The fourth-order valence-corrected chi connectivity index (χ4v) is 3.51. The van der Waals surface area contributed by atoms with Crippen LogP contribution < -0.4 is 9.47 Å². The number of halogens is 1. The van der Waals surface area contributed by atoms with Crippen molar-refractivity contribution < 1.29 is 28.6 Å². The van der Waals surface area contributed by atoms with Gasteiger partial charge in [0.25, 0.3) is 0 Å². The molecule has 0 aliphatic carbocycles. The summed E-state index contributed by atoms with van der Waals surface area (Å²) >= 11 is 0. The van der Waals surface area contributed by atoms with Gasteiger partial charge >= 0.3 is 5.97 Å². The Hall–Kier alpha value is -3.93. The van der Waals surface area contributed by atoms with Crippen LogP contribution in [0.2, 0.25) is 0 Å². The average molecular weight is 463 g/mol. The van der Waals surface area contributed by atoms with Crippen LogP contribution in [-0.4, -0.2) is 30.6 Å². The van der Waals surface area contributed by atoms with Crippen molar-refractivity contribution in [1.82, 2.24) is 0 Å². The molecule has 3 aromatic carbocycles. The maximum absolute atomic E-state index is 13.7. The molecule has 34 heavy (non-hydrogen) atoms. The predicted octanol–water partition coefficient (Wildman–Crippen LogP) is 6.42. The van der Waals surface area contributed by atoms with Gasteiger partial charge in [-0.2, -0.15) is 0 Å². The van der Waals surface area contributed by atoms with E-state index in [9.17, 15) is 14.0 Å². The van der Waals surface area contributed by atoms with E-state index in [1.165, 1.54) is 18.2 Å². The highest BCUT2D eigenvalue weighted by molar-refractivity contribution is 6.11. The molecule has 1 N–H and O–H groups in total. The number of carbonyl (C=O) groups is 2. The minimum atomic E-state index is -0.796. The molecular weight excluding hydrogens is 435 g/mol. The van der Waals surface area contributed by atoms with Crippen LogP contribution in [0.1, 0.15) is 41.6 Å². The second kappa shape index (κ2) is 12.3. The number of hydrogen-bond acceptors (Lipinski definition) is 4. The summed E-state index contributed by atoms with van der Waals surface area (Å²) in [5, 5.41) is 8.70. The van der Waals surface area contributed by atoms with Crippen LogP contribution in [0.3, 0.4) is 0 Å². The number of ketones is 1. The number of unbranched alkanes of at least 4 members (excludes halogenated alkanes) is 2. The van der Waals surface area contributed by atoms with E-state index in [0.717, 1.165) is 18.4 Å². The van der Waals surface area contributed by atoms with Crippen LogP contribution in [0.4, 0.5) is 4.39 Å². The van der Waals surface area contributed by atoms with Gasteiger partial charge in [0.15, 0.2) is 17.3 Å². The molecule has 0 saturated heterocycles. The van der Waals surface area contributed by atoms with E-state index in [2.05, 4.69) is 0 Å². The highest BCUT2D eigenvalue weighted by Crippen LogP contribution is 2.29. The highest BCUT2D eigenvalue weighted by Gasteiger charge is 2.11. The molecule has 0 spiro atoms. The van der Waals surface area contributed by atoms with Crippen LogP contribution in [-0.2, 0) is 4.79 Å². The highest BCUT2D eigenvalue weighted by atomic mass is 19.1. The van der Waals surface area contributed by atoms with Crippen LogP contribution in [0, 0.1) is 5.82 Å². The summed E-state index contributed by atoms with van der Waals surface area (Å²) in [5.74, 6) is -0.226. The lowest BCUT2D eigenvalue weighted by atomic mass is 9.96. The summed E-state index contributed by atoms with van der Waals surface area (Å²) in [5.41, 5.74) is 2.55. The molecule has 0 aliphatic rings. The summed E-state index contributed by atoms with van der Waals surface area (Å²) in [4.78, 5) is 23.5. The molecule has 5 nitrogen and oxygen atoms in total. The summed E-state index contributed by atoms with van der Waals surface area (Å²) in [6, 6.07) is 18.7. The Labute approximate surface area is 198 Å². The third kappa shape index (κ3) is 7.04. The predicted molar refractivity (Wildman–Crippen MR) is 130 cm³/mol. The van der Waals surface area contributed by atoms with Crippen molar-refractivity contribution in [3.05, 3.63) is 89.8 Å². The van der Waals surface area contributed by atoms with Crippen LogP contribution in [0.15, 0.2) is 72.8 Å². The molecule has 6 heteroatoms. The Morgan fingerprint density at radius 2 is 1.76 bits per heavy atom. The fraction of sp³-hybridized carbons (Fsp3) is 0.214. The Bertz CT molecular complexity index is 1170. The molecule has 0 unspecified atom stereocenters. The molecule has 0 aromatic heterocycles. The van der Waals surface area contributed by atoms with E-state index in [1.807, 2.05) is 12.1 Å². The minimum Gasteiger partial charge on any atom is -0.493 e. The number of benzene rings is 3. The van der Waals surface area contributed by atoms with Crippen LogP contribution in [0.5, 0.6) is 11.5 Å². The zero-order valence-electron chi connectivity index (χ0n) is 19.0. The van der Waals surface area contributed by atoms with E-state index in [0.29, 0.717) is 41.2 Å². The first-order valence-electron chi connectivity index (χ1n) is 11.1. The van der Waals surface area contributed by atoms with E-state index < -0.39 is 5.97 Å². The topological polar surface area (TPSA) is 72.8 Å². The first-order chi connectivity index (χ1) is 16.5. The van der Waals surface area contributed by atoms with E-state index >= 15 is 0 Å². The number of rotatable bonds is 12. The number of hydrogen-bond donors (Lipinski definition) is 1. The Morgan fingerprint density at radius 1 is 0.941 bits per heavy atom. The second-order valence-electron chi connectivity index (χ2n) is 7.72. The molecule has 3 rings (SSSR count). The van der Waals surface area contributed by atoms with Gasteiger partial charge in [-0.1, -0.05) is 48.5 Å². The molecule has 0 bridgehead atoms. The standard InChI is InChI=1S/C28H27FO5/c1-33-26-16-14-20(18-27(26)34-17-6-2-3-12-28(31)32)13-15-25(30)24-11-5-4-10-23(24)21-8-7-9-22(29)19-21/h4-5,7-11,13-16,18-19H,2-3,6,12,17H2,1H3,(H,31,32). The monoisotopic (exact) mass is 462 g/mol. The zero-order valence-corrected chi connectivity index (χ0v) is 19.0. The lowest BCUT2D eigenvalue weighted by Crippen LogP contribution is -2.01. The maximum atomic E-state index is 13.7. The molecule has 0 amide bonds. The van der Waals surface area contributed by atoms with Crippen molar-refractivity contribution in [3.63, 3.8) is 0 Å². The summed E-state index contributed by atoms with van der Waals surface area (Å²) in [7, 11) is 1.55. The van der Waals surface area contributed by atoms with Gasteiger partial charge in [0.2, 0.25) is 0 Å². The number of carboxylic acid groups (broad SMARTS) is 1. The fourth-order valence-electron chi connectivity index (χ4n) is 3.51. The van der Waals surface area contributed by atoms with Crippen LogP contribution >= 0.6 is 0 Å². The van der Waals surface area contributed by atoms with E-state index in [1.54, 1.807) is 55.7 Å². The van der Waals surface area contributed by atoms with Gasteiger partial charge in [-0.15, -0.1) is 0 Å². The van der Waals surface area contributed by atoms with Gasteiger partial charge in [0.05, 0.1) is 13.7 Å². The normalized spacial score (nSPS) is 10.9. The Balaban J connectivity index is 1.70. The molecule has 176 valence electrons. The SMILES string of the molecule is COc1ccc(C=CC(=O)c2ccccc2-c2cccc(F)c2)cc1OCCCCCC(=O)O. The molecule has 0 atom stereocenters. The first-order valence-corrected chi connectivity index (χ1v) is 11.1. The molecule has 0 aliphatic heterocycles.